The first-order chi connectivity index (χ1) is 6.81. The lowest BCUT2D eigenvalue weighted by molar-refractivity contribution is -0.0456. The van der Waals surface area contributed by atoms with Crippen molar-refractivity contribution in [3.05, 3.63) is 29.6 Å². The van der Waals surface area contributed by atoms with Gasteiger partial charge in [0.25, 0.3) is 0 Å². The predicted octanol–water partition coefficient (Wildman–Crippen LogP) is 1.88. The molecule has 1 aliphatic heterocycles. The first-order valence-electron chi connectivity index (χ1n) is 4.38. The molecule has 0 aromatic heterocycles. The van der Waals surface area contributed by atoms with Gasteiger partial charge in [-0.3, -0.25) is 0 Å². The number of rotatable bonds is 2. The minimum atomic E-state index is -0.499. The van der Waals surface area contributed by atoms with Gasteiger partial charge in [0, 0.05) is 0 Å². The van der Waals surface area contributed by atoms with Crippen LogP contribution in [0.25, 0.3) is 0 Å². The maximum atomic E-state index is 13.0. The van der Waals surface area contributed by atoms with Gasteiger partial charge < -0.3 is 14.2 Å². The summed E-state index contributed by atoms with van der Waals surface area (Å²) in [5, 5.41) is 0. The van der Waals surface area contributed by atoms with Gasteiger partial charge in [-0.2, -0.15) is 0 Å². The van der Waals surface area contributed by atoms with Crippen LogP contribution in [0.1, 0.15) is 11.9 Å². The summed E-state index contributed by atoms with van der Waals surface area (Å²) >= 11 is 0. The summed E-state index contributed by atoms with van der Waals surface area (Å²) in [7, 11) is 1.53. The molecule has 1 aliphatic rings. The number of hydrogen-bond donors (Lipinski definition) is 0. The third kappa shape index (κ3) is 1.71. The molecule has 0 saturated carbocycles. The van der Waals surface area contributed by atoms with Crippen LogP contribution in [-0.2, 0) is 9.47 Å². The molecule has 14 heavy (non-hydrogen) atoms. The molecule has 1 aromatic rings. The van der Waals surface area contributed by atoms with E-state index in [-0.39, 0.29) is 5.82 Å². The van der Waals surface area contributed by atoms with Crippen molar-refractivity contribution >= 4 is 0 Å². The van der Waals surface area contributed by atoms with Crippen LogP contribution in [0.3, 0.4) is 0 Å². The number of halogens is 1. The molecule has 76 valence electrons. The Bertz CT molecular complexity index is 321. The maximum Gasteiger partial charge on any atom is 0.187 e. The van der Waals surface area contributed by atoms with Gasteiger partial charge in [-0.05, 0) is 18.2 Å². The van der Waals surface area contributed by atoms with Crippen LogP contribution in [0.4, 0.5) is 4.39 Å². The highest BCUT2D eigenvalue weighted by Crippen LogP contribution is 2.31. The Morgan fingerprint density at radius 2 is 2.07 bits per heavy atom. The smallest absolute Gasteiger partial charge is 0.187 e. The zero-order valence-electron chi connectivity index (χ0n) is 7.83. The van der Waals surface area contributed by atoms with Gasteiger partial charge >= 0.3 is 0 Å². The number of hydrogen-bond acceptors (Lipinski definition) is 3. The third-order valence-corrected chi connectivity index (χ3v) is 2.07. The molecule has 0 unspecified atom stereocenters. The van der Waals surface area contributed by atoms with Crippen molar-refractivity contribution in [1.29, 1.82) is 0 Å². The topological polar surface area (TPSA) is 27.7 Å². The summed E-state index contributed by atoms with van der Waals surface area (Å²) in [6, 6.07) is 4.28. The lowest BCUT2D eigenvalue weighted by Gasteiger charge is -2.13. The van der Waals surface area contributed by atoms with E-state index in [0.717, 1.165) is 0 Å². The lowest BCUT2D eigenvalue weighted by Crippen LogP contribution is -2.01. The molecule has 1 heterocycles. The van der Waals surface area contributed by atoms with Crippen LogP contribution < -0.4 is 4.74 Å². The molecule has 0 spiro atoms. The van der Waals surface area contributed by atoms with Crippen molar-refractivity contribution in [1.82, 2.24) is 0 Å². The molecule has 2 rings (SSSR count). The maximum absolute atomic E-state index is 13.0. The molecule has 0 bridgehead atoms. The Hall–Kier alpha value is -1.13. The quantitative estimate of drug-likeness (QED) is 0.726. The second kappa shape index (κ2) is 3.94. The second-order valence-corrected chi connectivity index (χ2v) is 2.96. The highest BCUT2D eigenvalue weighted by molar-refractivity contribution is 5.35. The van der Waals surface area contributed by atoms with Crippen molar-refractivity contribution in [2.45, 2.75) is 6.29 Å². The van der Waals surface area contributed by atoms with Gasteiger partial charge in [0.1, 0.15) is 11.6 Å². The summed E-state index contributed by atoms with van der Waals surface area (Å²) in [5.41, 5.74) is 0.602. The molecule has 0 radical (unpaired) electrons. The monoisotopic (exact) mass is 198 g/mol. The van der Waals surface area contributed by atoms with Crippen LogP contribution in [0, 0.1) is 5.82 Å². The molecule has 0 atom stereocenters. The Morgan fingerprint density at radius 1 is 1.36 bits per heavy atom. The number of ether oxygens (including phenoxy) is 3. The van der Waals surface area contributed by atoms with Gasteiger partial charge in [0.15, 0.2) is 6.29 Å². The SMILES string of the molecule is COc1ccc(F)cc1C1OCCO1. The molecule has 0 aliphatic carbocycles. The van der Waals surface area contributed by atoms with Crippen molar-refractivity contribution in [2.75, 3.05) is 20.3 Å². The van der Waals surface area contributed by atoms with E-state index < -0.39 is 6.29 Å². The van der Waals surface area contributed by atoms with Gasteiger partial charge in [0.2, 0.25) is 0 Å². The van der Waals surface area contributed by atoms with E-state index in [1.165, 1.54) is 19.2 Å². The van der Waals surface area contributed by atoms with Crippen molar-refractivity contribution < 1.29 is 18.6 Å². The summed E-state index contributed by atoms with van der Waals surface area (Å²) < 4.78 is 28.6. The van der Waals surface area contributed by atoms with E-state index in [4.69, 9.17) is 14.2 Å². The van der Waals surface area contributed by atoms with Crippen LogP contribution in [0.15, 0.2) is 18.2 Å². The Kier molecular flexibility index (Phi) is 2.65. The van der Waals surface area contributed by atoms with Crippen molar-refractivity contribution in [3.63, 3.8) is 0 Å². The highest BCUT2D eigenvalue weighted by Gasteiger charge is 2.22. The van der Waals surface area contributed by atoms with Crippen LogP contribution in [-0.4, -0.2) is 20.3 Å². The first kappa shape index (κ1) is 9.43. The summed E-state index contributed by atoms with van der Waals surface area (Å²) in [4.78, 5) is 0. The summed E-state index contributed by atoms with van der Waals surface area (Å²) in [5.74, 6) is 0.262. The zero-order chi connectivity index (χ0) is 9.97. The molecule has 4 heteroatoms. The van der Waals surface area contributed by atoms with Gasteiger partial charge in [0.05, 0.1) is 25.9 Å². The lowest BCUT2D eigenvalue weighted by atomic mass is 10.2. The third-order valence-electron chi connectivity index (χ3n) is 2.07. The molecular formula is C10H11FO3. The molecule has 0 amide bonds. The van der Waals surface area contributed by atoms with Gasteiger partial charge in [-0.25, -0.2) is 4.39 Å². The van der Waals surface area contributed by atoms with Crippen LogP contribution in [0.2, 0.25) is 0 Å². The summed E-state index contributed by atoms with van der Waals surface area (Å²) in [6.45, 7) is 1.06. The Balaban J connectivity index is 2.33. The van der Waals surface area contributed by atoms with Crippen LogP contribution >= 0.6 is 0 Å². The van der Waals surface area contributed by atoms with Gasteiger partial charge in [-0.1, -0.05) is 0 Å². The first-order valence-corrected chi connectivity index (χ1v) is 4.38. The fourth-order valence-corrected chi connectivity index (χ4v) is 1.43. The number of methoxy groups -OCH3 is 1. The van der Waals surface area contributed by atoms with E-state index in [9.17, 15) is 4.39 Å². The van der Waals surface area contributed by atoms with E-state index in [2.05, 4.69) is 0 Å². The average molecular weight is 198 g/mol. The average Bonchev–Trinajstić information content (AvgIpc) is 2.70. The Morgan fingerprint density at radius 3 is 2.71 bits per heavy atom. The van der Waals surface area contributed by atoms with E-state index in [0.29, 0.717) is 24.5 Å². The number of benzene rings is 1. The minimum Gasteiger partial charge on any atom is -0.496 e. The molecule has 0 N–H and O–H groups in total. The predicted molar refractivity (Wildman–Crippen MR) is 47.6 cm³/mol. The van der Waals surface area contributed by atoms with E-state index >= 15 is 0 Å². The van der Waals surface area contributed by atoms with Crippen LogP contribution in [0.5, 0.6) is 5.75 Å². The van der Waals surface area contributed by atoms with Crippen molar-refractivity contribution in [3.8, 4) is 5.75 Å². The fourth-order valence-electron chi connectivity index (χ4n) is 1.43. The van der Waals surface area contributed by atoms with E-state index in [1.54, 1.807) is 6.07 Å². The van der Waals surface area contributed by atoms with Crippen molar-refractivity contribution in [2.24, 2.45) is 0 Å². The largest absolute Gasteiger partial charge is 0.496 e. The molecule has 3 nitrogen and oxygen atoms in total. The molecule has 1 fully saturated rings. The van der Waals surface area contributed by atoms with Gasteiger partial charge in [-0.15, -0.1) is 0 Å². The molecule has 1 aromatic carbocycles. The standard InChI is InChI=1S/C10H11FO3/c1-12-9-3-2-7(11)6-8(9)10-13-4-5-14-10/h2-3,6,10H,4-5H2,1H3. The Labute approximate surface area is 81.4 Å². The highest BCUT2D eigenvalue weighted by atomic mass is 19.1. The normalized spacial score (nSPS) is 17.3. The van der Waals surface area contributed by atoms with E-state index in [1.807, 2.05) is 0 Å². The fraction of sp³-hybridized carbons (Fsp3) is 0.400. The molecular weight excluding hydrogens is 187 g/mol. The summed E-state index contributed by atoms with van der Waals surface area (Å²) in [6.07, 6.45) is -0.499. The second-order valence-electron chi connectivity index (χ2n) is 2.96. The zero-order valence-corrected chi connectivity index (χ0v) is 7.83. The molecule has 1 saturated heterocycles. The minimum absolute atomic E-state index is 0.320.